The molecule has 1 saturated carbocycles. The van der Waals surface area contributed by atoms with Crippen molar-refractivity contribution in [3.8, 4) is 17.1 Å². The molecular weight excluding hydrogens is 304 g/mol. The number of amides is 1. The van der Waals surface area contributed by atoms with Crippen LogP contribution in [0, 0.1) is 5.92 Å². The van der Waals surface area contributed by atoms with Gasteiger partial charge in [-0.15, -0.1) is 0 Å². The summed E-state index contributed by atoms with van der Waals surface area (Å²) in [5.41, 5.74) is 1.67. The number of nitrogens with zero attached hydrogens (tertiary/aromatic N) is 1. The minimum absolute atomic E-state index is 0.107. The van der Waals surface area contributed by atoms with Crippen molar-refractivity contribution in [2.75, 3.05) is 7.11 Å². The lowest BCUT2D eigenvalue weighted by molar-refractivity contribution is -0.122. The van der Waals surface area contributed by atoms with E-state index in [0.717, 1.165) is 17.0 Å². The Labute approximate surface area is 142 Å². The molecule has 24 heavy (non-hydrogen) atoms. The van der Waals surface area contributed by atoms with Crippen LogP contribution in [0.15, 0.2) is 34.9 Å². The van der Waals surface area contributed by atoms with Crippen LogP contribution in [-0.2, 0) is 11.3 Å². The standard InChI is InChI=1S/C19H24N2O3/c1-23-17-9-7-15(8-10-17)18-12-16(21-24-18)13-20-19(22)11-14-5-3-2-4-6-14/h7-10,12,14H,2-6,11,13H2,1H3,(H,20,22). The van der Waals surface area contributed by atoms with E-state index in [1.807, 2.05) is 30.3 Å². The first-order valence-electron chi connectivity index (χ1n) is 8.61. The highest BCUT2D eigenvalue weighted by molar-refractivity contribution is 5.76. The number of hydrogen-bond donors (Lipinski definition) is 1. The number of carbonyl (C=O) groups excluding carboxylic acids is 1. The Kier molecular flexibility index (Phi) is 5.51. The highest BCUT2D eigenvalue weighted by Crippen LogP contribution is 2.26. The SMILES string of the molecule is COc1ccc(-c2cc(CNC(=O)CC3CCCCC3)no2)cc1. The number of carbonyl (C=O) groups is 1. The molecule has 128 valence electrons. The van der Waals surface area contributed by atoms with Crippen LogP contribution in [0.3, 0.4) is 0 Å². The number of rotatable bonds is 6. The number of hydrogen-bond acceptors (Lipinski definition) is 4. The maximum absolute atomic E-state index is 12.0. The predicted octanol–water partition coefficient (Wildman–Crippen LogP) is 3.94. The van der Waals surface area contributed by atoms with E-state index in [4.69, 9.17) is 9.26 Å². The zero-order valence-electron chi connectivity index (χ0n) is 14.1. The molecule has 2 aromatic rings. The van der Waals surface area contributed by atoms with Gasteiger partial charge in [-0.05, 0) is 43.0 Å². The van der Waals surface area contributed by atoms with E-state index in [2.05, 4.69) is 10.5 Å². The molecule has 1 aliphatic carbocycles. The molecule has 0 spiro atoms. The Hall–Kier alpha value is -2.30. The molecule has 0 bridgehead atoms. The van der Waals surface area contributed by atoms with Gasteiger partial charge < -0.3 is 14.6 Å². The lowest BCUT2D eigenvalue weighted by atomic mass is 9.87. The average molecular weight is 328 g/mol. The number of benzene rings is 1. The largest absolute Gasteiger partial charge is 0.497 e. The van der Waals surface area contributed by atoms with E-state index in [0.29, 0.717) is 24.6 Å². The van der Waals surface area contributed by atoms with Gasteiger partial charge in [-0.25, -0.2) is 0 Å². The zero-order chi connectivity index (χ0) is 16.8. The van der Waals surface area contributed by atoms with Crippen LogP contribution < -0.4 is 10.1 Å². The van der Waals surface area contributed by atoms with Crippen LogP contribution >= 0.6 is 0 Å². The fraction of sp³-hybridized carbons (Fsp3) is 0.474. The average Bonchev–Trinajstić information content (AvgIpc) is 3.10. The van der Waals surface area contributed by atoms with Crippen molar-refractivity contribution in [2.45, 2.75) is 45.1 Å². The number of aromatic nitrogens is 1. The van der Waals surface area contributed by atoms with Crippen LogP contribution in [0.4, 0.5) is 0 Å². The van der Waals surface area contributed by atoms with Crippen molar-refractivity contribution in [1.29, 1.82) is 0 Å². The molecule has 5 heteroatoms. The molecule has 0 saturated heterocycles. The second kappa shape index (κ2) is 7.99. The van der Waals surface area contributed by atoms with Gasteiger partial charge in [0.15, 0.2) is 5.76 Å². The summed E-state index contributed by atoms with van der Waals surface area (Å²) in [4.78, 5) is 12.0. The van der Waals surface area contributed by atoms with Gasteiger partial charge in [0.05, 0.1) is 13.7 Å². The topological polar surface area (TPSA) is 64.4 Å². The third-order valence-electron chi connectivity index (χ3n) is 4.60. The second-order valence-electron chi connectivity index (χ2n) is 6.40. The van der Waals surface area contributed by atoms with Gasteiger partial charge in [0, 0.05) is 18.1 Å². The minimum atomic E-state index is 0.107. The summed E-state index contributed by atoms with van der Waals surface area (Å²) >= 11 is 0. The van der Waals surface area contributed by atoms with Gasteiger partial charge >= 0.3 is 0 Å². The molecule has 1 aromatic heterocycles. The van der Waals surface area contributed by atoms with Gasteiger partial charge in [0.1, 0.15) is 11.4 Å². The van der Waals surface area contributed by atoms with Gasteiger partial charge in [-0.1, -0.05) is 24.4 Å². The van der Waals surface area contributed by atoms with Crippen LogP contribution in [0.1, 0.15) is 44.2 Å². The van der Waals surface area contributed by atoms with E-state index >= 15 is 0 Å². The van der Waals surface area contributed by atoms with Crippen LogP contribution in [-0.4, -0.2) is 18.2 Å². The Morgan fingerprint density at radius 3 is 2.71 bits per heavy atom. The smallest absolute Gasteiger partial charge is 0.220 e. The summed E-state index contributed by atoms with van der Waals surface area (Å²) in [5.74, 6) is 2.14. The van der Waals surface area contributed by atoms with Gasteiger partial charge in [0.25, 0.3) is 0 Å². The molecule has 1 fully saturated rings. The van der Waals surface area contributed by atoms with Crippen molar-refractivity contribution in [3.05, 3.63) is 36.0 Å². The van der Waals surface area contributed by atoms with Gasteiger partial charge in [-0.3, -0.25) is 4.79 Å². The van der Waals surface area contributed by atoms with Crippen LogP contribution in [0.5, 0.6) is 5.75 Å². The minimum Gasteiger partial charge on any atom is -0.497 e. The Morgan fingerprint density at radius 1 is 1.25 bits per heavy atom. The Bertz CT molecular complexity index is 658. The fourth-order valence-electron chi connectivity index (χ4n) is 3.20. The fourth-order valence-corrected chi connectivity index (χ4v) is 3.20. The van der Waals surface area contributed by atoms with Crippen LogP contribution in [0.25, 0.3) is 11.3 Å². The van der Waals surface area contributed by atoms with Crippen molar-refractivity contribution in [1.82, 2.24) is 10.5 Å². The van der Waals surface area contributed by atoms with E-state index in [9.17, 15) is 4.79 Å². The second-order valence-corrected chi connectivity index (χ2v) is 6.40. The Morgan fingerprint density at radius 2 is 2.00 bits per heavy atom. The summed E-state index contributed by atoms with van der Waals surface area (Å²) < 4.78 is 10.5. The van der Waals surface area contributed by atoms with E-state index in [1.54, 1.807) is 7.11 Å². The van der Waals surface area contributed by atoms with Crippen LogP contribution in [0.2, 0.25) is 0 Å². The molecule has 1 heterocycles. The highest BCUT2D eigenvalue weighted by Gasteiger charge is 2.17. The van der Waals surface area contributed by atoms with Crippen molar-refractivity contribution >= 4 is 5.91 Å². The van der Waals surface area contributed by atoms with Gasteiger partial charge in [0.2, 0.25) is 5.91 Å². The molecular formula is C19H24N2O3. The molecule has 1 amide bonds. The first kappa shape index (κ1) is 16.6. The van der Waals surface area contributed by atoms with E-state index in [1.165, 1.54) is 32.1 Å². The summed E-state index contributed by atoms with van der Waals surface area (Å²) in [6.07, 6.45) is 6.81. The maximum Gasteiger partial charge on any atom is 0.220 e. The molecule has 1 aromatic carbocycles. The quantitative estimate of drug-likeness (QED) is 0.872. The van der Waals surface area contributed by atoms with Gasteiger partial charge in [-0.2, -0.15) is 0 Å². The molecule has 5 nitrogen and oxygen atoms in total. The Balaban J connectivity index is 1.50. The molecule has 1 aliphatic rings. The maximum atomic E-state index is 12.0. The molecule has 1 N–H and O–H groups in total. The molecule has 0 atom stereocenters. The lowest BCUT2D eigenvalue weighted by Crippen LogP contribution is -2.26. The monoisotopic (exact) mass is 328 g/mol. The summed E-state index contributed by atoms with van der Waals surface area (Å²) in [6, 6.07) is 9.46. The molecule has 0 unspecified atom stereocenters. The summed E-state index contributed by atoms with van der Waals surface area (Å²) in [6.45, 7) is 0.408. The number of nitrogens with one attached hydrogen (secondary N) is 1. The molecule has 0 radical (unpaired) electrons. The first-order valence-corrected chi connectivity index (χ1v) is 8.61. The third-order valence-corrected chi connectivity index (χ3v) is 4.60. The first-order chi connectivity index (χ1) is 11.7. The summed E-state index contributed by atoms with van der Waals surface area (Å²) in [5, 5.41) is 6.98. The molecule has 3 rings (SSSR count). The van der Waals surface area contributed by atoms with Crippen molar-refractivity contribution in [2.24, 2.45) is 5.92 Å². The lowest BCUT2D eigenvalue weighted by Gasteiger charge is -2.20. The third kappa shape index (κ3) is 4.37. The summed E-state index contributed by atoms with van der Waals surface area (Å²) in [7, 11) is 1.64. The van der Waals surface area contributed by atoms with E-state index < -0.39 is 0 Å². The number of methoxy groups -OCH3 is 1. The number of ether oxygens (including phenoxy) is 1. The van der Waals surface area contributed by atoms with Crippen molar-refractivity contribution < 1.29 is 14.1 Å². The zero-order valence-corrected chi connectivity index (χ0v) is 14.1. The van der Waals surface area contributed by atoms with E-state index in [-0.39, 0.29) is 5.91 Å². The normalized spacial score (nSPS) is 15.2. The molecule has 0 aliphatic heterocycles. The highest BCUT2D eigenvalue weighted by atomic mass is 16.5. The van der Waals surface area contributed by atoms with Crippen molar-refractivity contribution in [3.63, 3.8) is 0 Å². The predicted molar refractivity (Wildman–Crippen MR) is 91.5 cm³/mol.